The van der Waals surface area contributed by atoms with Crippen molar-refractivity contribution in [2.75, 3.05) is 23.8 Å². The third-order valence-electron chi connectivity index (χ3n) is 7.08. The van der Waals surface area contributed by atoms with Crippen LogP contribution in [0.1, 0.15) is 39.6 Å². The van der Waals surface area contributed by atoms with Gasteiger partial charge in [0.15, 0.2) is 0 Å². The third kappa shape index (κ3) is 5.18. The molecule has 0 radical (unpaired) electrons. The van der Waals surface area contributed by atoms with Gasteiger partial charge in [0, 0.05) is 41.6 Å². The van der Waals surface area contributed by atoms with E-state index in [4.69, 9.17) is 0 Å². The molecule has 0 saturated heterocycles. The molecule has 0 bridgehead atoms. The lowest BCUT2D eigenvalue weighted by atomic mass is 9.99. The molecular formula is C32H31N3O2. The maximum absolute atomic E-state index is 13.7. The number of hydrogen-bond acceptors (Lipinski definition) is 3. The number of likely N-dealkylation sites (N-methyl/N-ethyl adjacent to an activating group) is 1. The van der Waals surface area contributed by atoms with Crippen LogP contribution in [0.15, 0.2) is 103 Å². The molecule has 1 unspecified atom stereocenters. The minimum Gasteiger partial charge on any atom is -0.322 e. The molecule has 4 aromatic rings. The van der Waals surface area contributed by atoms with Gasteiger partial charge in [0.2, 0.25) is 0 Å². The van der Waals surface area contributed by atoms with Gasteiger partial charge in [-0.15, -0.1) is 0 Å². The molecule has 1 N–H and O–H groups in total. The van der Waals surface area contributed by atoms with Gasteiger partial charge in [-0.1, -0.05) is 73.7 Å². The van der Waals surface area contributed by atoms with Gasteiger partial charge in [-0.25, -0.2) is 0 Å². The Morgan fingerprint density at radius 2 is 1.51 bits per heavy atom. The van der Waals surface area contributed by atoms with E-state index in [0.29, 0.717) is 23.4 Å². The van der Waals surface area contributed by atoms with Gasteiger partial charge < -0.3 is 10.2 Å². The average Bonchev–Trinajstić information content (AvgIpc) is 3.09. The summed E-state index contributed by atoms with van der Waals surface area (Å²) in [6, 6.07) is 33.0. The predicted molar refractivity (Wildman–Crippen MR) is 150 cm³/mol. The minimum absolute atomic E-state index is 0.0338. The first-order valence-corrected chi connectivity index (χ1v) is 12.7. The van der Waals surface area contributed by atoms with Crippen molar-refractivity contribution >= 4 is 23.2 Å². The number of nitrogens with one attached hydrogen (secondary N) is 1. The fraction of sp³-hybridized carbons (Fsp3) is 0.188. The Hall–Kier alpha value is -4.22. The number of fused-ring (bicyclic) bond motifs is 1. The van der Waals surface area contributed by atoms with Crippen LogP contribution in [-0.2, 0) is 6.54 Å². The summed E-state index contributed by atoms with van der Waals surface area (Å²) in [6.45, 7) is 3.61. The molecule has 37 heavy (non-hydrogen) atoms. The van der Waals surface area contributed by atoms with Crippen molar-refractivity contribution in [1.29, 1.82) is 0 Å². The number of anilines is 2. The number of amides is 2. The summed E-state index contributed by atoms with van der Waals surface area (Å²) in [4.78, 5) is 31.0. The third-order valence-corrected chi connectivity index (χ3v) is 7.08. The van der Waals surface area contributed by atoms with Gasteiger partial charge in [0.25, 0.3) is 11.8 Å². The molecule has 1 aliphatic heterocycles. The Morgan fingerprint density at radius 3 is 2.27 bits per heavy atom. The summed E-state index contributed by atoms with van der Waals surface area (Å²) in [6.07, 6.45) is 0.962. The van der Waals surface area contributed by atoms with E-state index >= 15 is 0 Å². The van der Waals surface area contributed by atoms with Gasteiger partial charge in [-0.05, 0) is 66.6 Å². The van der Waals surface area contributed by atoms with Crippen molar-refractivity contribution in [1.82, 2.24) is 4.90 Å². The summed E-state index contributed by atoms with van der Waals surface area (Å²) < 4.78 is 0. The first-order chi connectivity index (χ1) is 18.0. The van der Waals surface area contributed by atoms with Crippen molar-refractivity contribution < 1.29 is 9.59 Å². The predicted octanol–water partition coefficient (Wildman–Crippen LogP) is 6.48. The minimum atomic E-state index is -0.186. The second-order valence-corrected chi connectivity index (χ2v) is 9.46. The standard InChI is InChI=1S/C32H31N3O2/c1-3-27-22-35(30-16-10-7-13-25(30)21-34(27)2)32(37)24-17-19-26(20-18-24)33-31(36)29-15-9-8-14-28(29)23-11-5-4-6-12-23/h4-20,27H,3,21-22H2,1-2H3,(H,33,36). The molecule has 1 heterocycles. The number of para-hydroxylation sites is 1. The molecule has 5 nitrogen and oxygen atoms in total. The zero-order valence-electron chi connectivity index (χ0n) is 21.2. The summed E-state index contributed by atoms with van der Waals surface area (Å²) in [7, 11) is 2.12. The van der Waals surface area contributed by atoms with E-state index in [1.54, 1.807) is 24.3 Å². The Kier molecular flexibility index (Phi) is 7.15. The highest BCUT2D eigenvalue weighted by Crippen LogP contribution is 2.29. The van der Waals surface area contributed by atoms with Gasteiger partial charge in [0.1, 0.15) is 0 Å². The summed E-state index contributed by atoms with van der Waals surface area (Å²) in [5, 5.41) is 2.99. The van der Waals surface area contributed by atoms with Gasteiger partial charge in [-0.2, -0.15) is 0 Å². The second kappa shape index (κ2) is 10.8. The van der Waals surface area contributed by atoms with Crippen LogP contribution in [0.5, 0.6) is 0 Å². The lowest BCUT2D eigenvalue weighted by Gasteiger charge is -2.28. The van der Waals surface area contributed by atoms with E-state index in [0.717, 1.165) is 35.3 Å². The van der Waals surface area contributed by atoms with E-state index < -0.39 is 0 Å². The molecule has 0 aromatic heterocycles. The topological polar surface area (TPSA) is 52.7 Å². The zero-order valence-corrected chi connectivity index (χ0v) is 21.2. The molecule has 0 spiro atoms. The van der Waals surface area contributed by atoms with Crippen LogP contribution in [-0.4, -0.2) is 36.3 Å². The lowest BCUT2D eigenvalue weighted by Crippen LogP contribution is -2.41. The van der Waals surface area contributed by atoms with Crippen LogP contribution in [0.2, 0.25) is 0 Å². The SMILES string of the molecule is CCC1CN(C(=O)c2ccc(NC(=O)c3ccccc3-c3ccccc3)cc2)c2ccccc2CN1C. The normalized spacial score (nSPS) is 15.5. The monoisotopic (exact) mass is 489 g/mol. The van der Waals surface area contributed by atoms with E-state index in [1.165, 1.54) is 0 Å². The average molecular weight is 490 g/mol. The molecule has 5 rings (SSSR count). The Labute approximate surface area is 218 Å². The molecule has 0 aliphatic carbocycles. The molecular weight excluding hydrogens is 458 g/mol. The lowest BCUT2D eigenvalue weighted by molar-refractivity contribution is 0.0978. The molecule has 0 fully saturated rings. The quantitative estimate of drug-likeness (QED) is 0.349. The maximum atomic E-state index is 13.7. The Morgan fingerprint density at radius 1 is 0.838 bits per heavy atom. The molecule has 5 heteroatoms. The fourth-order valence-corrected chi connectivity index (χ4v) is 4.99. The van der Waals surface area contributed by atoms with Gasteiger partial charge in [-0.3, -0.25) is 14.5 Å². The molecule has 2 amide bonds. The number of benzene rings is 4. The molecule has 1 atom stereocenters. The largest absolute Gasteiger partial charge is 0.322 e. The van der Waals surface area contributed by atoms with E-state index in [9.17, 15) is 9.59 Å². The number of hydrogen-bond donors (Lipinski definition) is 1. The van der Waals surface area contributed by atoms with E-state index in [-0.39, 0.29) is 17.9 Å². The van der Waals surface area contributed by atoms with Crippen LogP contribution in [0.25, 0.3) is 11.1 Å². The summed E-state index contributed by atoms with van der Waals surface area (Å²) >= 11 is 0. The number of carbonyl (C=O) groups excluding carboxylic acids is 2. The molecule has 4 aromatic carbocycles. The van der Waals surface area contributed by atoms with Crippen LogP contribution in [0.3, 0.4) is 0 Å². The number of carbonyl (C=O) groups is 2. The number of rotatable bonds is 5. The van der Waals surface area contributed by atoms with Gasteiger partial charge in [0.05, 0.1) is 0 Å². The highest BCUT2D eigenvalue weighted by molar-refractivity contribution is 6.09. The number of nitrogens with zero attached hydrogens (tertiary/aromatic N) is 2. The first-order valence-electron chi connectivity index (χ1n) is 12.7. The first kappa shape index (κ1) is 24.5. The van der Waals surface area contributed by atoms with Crippen molar-refractivity contribution in [3.05, 3.63) is 120 Å². The summed E-state index contributed by atoms with van der Waals surface area (Å²) in [5.41, 5.74) is 5.82. The Balaban J connectivity index is 1.36. The summed E-state index contributed by atoms with van der Waals surface area (Å²) in [5.74, 6) is -0.220. The van der Waals surface area contributed by atoms with E-state index in [2.05, 4.69) is 30.3 Å². The van der Waals surface area contributed by atoms with Crippen molar-refractivity contribution in [2.24, 2.45) is 0 Å². The molecule has 0 saturated carbocycles. The van der Waals surface area contributed by atoms with Crippen molar-refractivity contribution in [3.8, 4) is 11.1 Å². The Bertz CT molecular complexity index is 1400. The maximum Gasteiger partial charge on any atom is 0.258 e. The van der Waals surface area contributed by atoms with Crippen LogP contribution >= 0.6 is 0 Å². The van der Waals surface area contributed by atoms with Crippen LogP contribution < -0.4 is 10.2 Å². The fourth-order valence-electron chi connectivity index (χ4n) is 4.99. The smallest absolute Gasteiger partial charge is 0.258 e. The van der Waals surface area contributed by atoms with E-state index in [1.807, 2.05) is 77.7 Å². The highest BCUT2D eigenvalue weighted by atomic mass is 16.2. The highest BCUT2D eigenvalue weighted by Gasteiger charge is 2.28. The molecule has 186 valence electrons. The van der Waals surface area contributed by atoms with Crippen molar-refractivity contribution in [2.45, 2.75) is 25.9 Å². The van der Waals surface area contributed by atoms with Crippen molar-refractivity contribution in [3.63, 3.8) is 0 Å². The van der Waals surface area contributed by atoms with Crippen LogP contribution in [0.4, 0.5) is 11.4 Å². The zero-order chi connectivity index (χ0) is 25.8. The second-order valence-electron chi connectivity index (χ2n) is 9.46. The van der Waals surface area contributed by atoms with Gasteiger partial charge >= 0.3 is 0 Å². The molecule has 1 aliphatic rings. The van der Waals surface area contributed by atoms with Crippen LogP contribution in [0, 0.1) is 0 Å².